The smallest absolute Gasteiger partial charge is 0.0588 e. The van der Waals surface area contributed by atoms with Crippen LogP contribution in [0.1, 0.15) is 13.3 Å². The third-order valence-electron chi connectivity index (χ3n) is 2.23. The van der Waals surface area contributed by atoms with Gasteiger partial charge in [0.15, 0.2) is 0 Å². The van der Waals surface area contributed by atoms with Gasteiger partial charge in [0.1, 0.15) is 0 Å². The predicted molar refractivity (Wildman–Crippen MR) is 43.5 cm³/mol. The van der Waals surface area contributed by atoms with Crippen LogP contribution in [0.4, 0.5) is 0 Å². The first kappa shape index (κ1) is 8.97. The lowest BCUT2D eigenvalue weighted by atomic mass is 10.0. The highest BCUT2D eigenvalue weighted by Crippen LogP contribution is 2.18. The molecule has 1 heterocycles. The molecule has 1 rings (SSSR count). The molecule has 0 aromatic heterocycles. The van der Waals surface area contributed by atoms with Gasteiger partial charge >= 0.3 is 0 Å². The molecule has 1 fully saturated rings. The molecule has 2 unspecified atom stereocenters. The Hall–Kier alpha value is -0.120. The SMILES string of the molecule is CC1OCCC1CNCCO. The molecule has 0 radical (unpaired) electrons. The highest BCUT2D eigenvalue weighted by Gasteiger charge is 2.23. The Kier molecular flexibility index (Phi) is 3.83. The van der Waals surface area contributed by atoms with Gasteiger partial charge in [0, 0.05) is 19.7 Å². The number of hydrogen-bond acceptors (Lipinski definition) is 3. The van der Waals surface area contributed by atoms with E-state index >= 15 is 0 Å². The Morgan fingerprint density at radius 2 is 2.45 bits per heavy atom. The molecular formula is C8H17NO2. The summed E-state index contributed by atoms with van der Waals surface area (Å²) >= 11 is 0. The molecular weight excluding hydrogens is 142 g/mol. The summed E-state index contributed by atoms with van der Waals surface area (Å²) in [6.07, 6.45) is 1.54. The van der Waals surface area contributed by atoms with Gasteiger partial charge in [0.25, 0.3) is 0 Å². The molecule has 11 heavy (non-hydrogen) atoms. The maximum Gasteiger partial charge on any atom is 0.0588 e. The van der Waals surface area contributed by atoms with E-state index in [-0.39, 0.29) is 6.61 Å². The summed E-state index contributed by atoms with van der Waals surface area (Å²) in [6.45, 7) is 4.90. The van der Waals surface area contributed by atoms with Crippen molar-refractivity contribution in [2.45, 2.75) is 19.4 Å². The Morgan fingerprint density at radius 3 is 3.00 bits per heavy atom. The van der Waals surface area contributed by atoms with E-state index in [1.54, 1.807) is 0 Å². The molecule has 1 aliphatic rings. The lowest BCUT2D eigenvalue weighted by molar-refractivity contribution is 0.105. The molecule has 2 atom stereocenters. The lowest BCUT2D eigenvalue weighted by Gasteiger charge is -2.13. The second-order valence-electron chi connectivity index (χ2n) is 3.05. The van der Waals surface area contributed by atoms with E-state index in [2.05, 4.69) is 12.2 Å². The number of nitrogens with one attached hydrogen (secondary N) is 1. The summed E-state index contributed by atoms with van der Waals surface area (Å²) < 4.78 is 5.39. The van der Waals surface area contributed by atoms with Crippen molar-refractivity contribution in [1.29, 1.82) is 0 Å². The van der Waals surface area contributed by atoms with Crippen molar-refractivity contribution in [2.24, 2.45) is 5.92 Å². The van der Waals surface area contributed by atoms with Crippen LogP contribution < -0.4 is 5.32 Å². The highest BCUT2D eigenvalue weighted by molar-refractivity contribution is 4.74. The second-order valence-corrected chi connectivity index (χ2v) is 3.05. The van der Waals surface area contributed by atoms with Gasteiger partial charge in [-0.2, -0.15) is 0 Å². The molecule has 3 nitrogen and oxygen atoms in total. The van der Waals surface area contributed by atoms with Crippen molar-refractivity contribution in [3.8, 4) is 0 Å². The lowest BCUT2D eigenvalue weighted by Crippen LogP contribution is -2.28. The van der Waals surface area contributed by atoms with Gasteiger partial charge in [0.2, 0.25) is 0 Å². The summed E-state index contributed by atoms with van der Waals surface area (Å²) in [5.41, 5.74) is 0. The van der Waals surface area contributed by atoms with E-state index in [4.69, 9.17) is 9.84 Å². The fourth-order valence-electron chi connectivity index (χ4n) is 1.41. The minimum Gasteiger partial charge on any atom is -0.395 e. The molecule has 1 aliphatic heterocycles. The maximum absolute atomic E-state index is 8.51. The van der Waals surface area contributed by atoms with Crippen LogP contribution in [-0.2, 0) is 4.74 Å². The minimum absolute atomic E-state index is 0.224. The van der Waals surface area contributed by atoms with Crippen LogP contribution in [0.3, 0.4) is 0 Å². The quantitative estimate of drug-likeness (QED) is 0.567. The van der Waals surface area contributed by atoms with Crippen LogP contribution in [0.15, 0.2) is 0 Å². The van der Waals surface area contributed by atoms with E-state index in [0.717, 1.165) is 19.6 Å². The van der Waals surface area contributed by atoms with Gasteiger partial charge in [-0.15, -0.1) is 0 Å². The Morgan fingerprint density at radius 1 is 1.64 bits per heavy atom. The number of hydrogen-bond donors (Lipinski definition) is 2. The van der Waals surface area contributed by atoms with Crippen molar-refractivity contribution in [3.63, 3.8) is 0 Å². The Bertz CT molecular complexity index is 108. The maximum atomic E-state index is 8.51. The average molecular weight is 159 g/mol. The van der Waals surface area contributed by atoms with E-state index in [0.29, 0.717) is 18.6 Å². The van der Waals surface area contributed by atoms with Gasteiger partial charge in [-0.25, -0.2) is 0 Å². The van der Waals surface area contributed by atoms with E-state index in [9.17, 15) is 0 Å². The summed E-state index contributed by atoms with van der Waals surface area (Å²) in [5, 5.41) is 11.7. The van der Waals surface area contributed by atoms with Gasteiger partial charge in [-0.3, -0.25) is 0 Å². The number of rotatable bonds is 4. The summed E-state index contributed by atoms with van der Waals surface area (Å²) in [7, 11) is 0. The fourth-order valence-corrected chi connectivity index (χ4v) is 1.41. The Balaban J connectivity index is 2.05. The van der Waals surface area contributed by atoms with Crippen molar-refractivity contribution in [2.75, 3.05) is 26.3 Å². The van der Waals surface area contributed by atoms with Crippen LogP contribution in [0.2, 0.25) is 0 Å². The zero-order chi connectivity index (χ0) is 8.10. The van der Waals surface area contributed by atoms with Gasteiger partial charge in [-0.05, 0) is 19.3 Å². The van der Waals surface area contributed by atoms with Gasteiger partial charge < -0.3 is 15.2 Å². The summed E-state index contributed by atoms with van der Waals surface area (Å²) in [5.74, 6) is 0.640. The van der Waals surface area contributed by atoms with E-state index < -0.39 is 0 Å². The van der Waals surface area contributed by atoms with Gasteiger partial charge in [0.05, 0.1) is 12.7 Å². The first-order valence-corrected chi connectivity index (χ1v) is 4.27. The molecule has 0 aromatic carbocycles. The molecule has 0 spiro atoms. The molecule has 0 bridgehead atoms. The molecule has 0 aromatic rings. The summed E-state index contributed by atoms with van der Waals surface area (Å²) in [4.78, 5) is 0. The number of ether oxygens (including phenoxy) is 1. The molecule has 2 N–H and O–H groups in total. The fraction of sp³-hybridized carbons (Fsp3) is 1.00. The predicted octanol–water partition coefficient (Wildman–Crippen LogP) is -0.00670. The molecule has 3 heteroatoms. The third kappa shape index (κ3) is 2.77. The van der Waals surface area contributed by atoms with E-state index in [1.165, 1.54) is 0 Å². The first-order valence-electron chi connectivity index (χ1n) is 4.27. The number of aliphatic hydroxyl groups is 1. The standard InChI is InChI=1S/C8H17NO2/c1-7-8(2-5-11-7)6-9-3-4-10/h7-10H,2-6H2,1H3. The van der Waals surface area contributed by atoms with Gasteiger partial charge in [-0.1, -0.05) is 0 Å². The molecule has 0 amide bonds. The van der Waals surface area contributed by atoms with Crippen LogP contribution in [0.5, 0.6) is 0 Å². The van der Waals surface area contributed by atoms with Crippen LogP contribution >= 0.6 is 0 Å². The van der Waals surface area contributed by atoms with Crippen molar-refractivity contribution >= 4 is 0 Å². The van der Waals surface area contributed by atoms with Crippen molar-refractivity contribution in [1.82, 2.24) is 5.32 Å². The second kappa shape index (κ2) is 4.70. The zero-order valence-corrected chi connectivity index (χ0v) is 7.05. The molecule has 0 saturated carbocycles. The molecule has 0 aliphatic carbocycles. The van der Waals surface area contributed by atoms with Crippen LogP contribution in [0, 0.1) is 5.92 Å². The summed E-state index contributed by atoms with van der Waals surface area (Å²) in [6, 6.07) is 0. The Labute approximate surface area is 67.7 Å². The minimum atomic E-state index is 0.224. The molecule has 1 saturated heterocycles. The van der Waals surface area contributed by atoms with Crippen molar-refractivity contribution < 1.29 is 9.84 Å². The van der Waals surface area contributed by atoms with Crippen LogP contribution in [-0.4, -0.2) is 37.5 Å². The van der Waals surface area contributed by atoms with Crippen LogP contribution in [0.25, 0.3) is 0 Å². The topological polar surface area (TPSA) is 41.5 Å². The normalized spacial score (nSPS) is 31.1. The highest BCUT2D eigenvalue weighted by atomic mass is 16.5. The zero-order valence-electron chi connectivity index (χ0n) is 7.05. The largest absolute Gasteiger partial charge is 0.395 e. The monoisotopic (exact) mass is 159 g/mol. The molecule has 66 valence electrons. The van der Waals surface area contributed by atoms with Crippen molar-refractivity contribution in [3.05, 3.63) is 0 Å². The average Bonchev–Trinajstić information content (AvgIpc) is 2.37. The number of aliphatic hydroxyl groups excluding tert-OH is 1. The third-order valence-corrected chi connectivity index (χ3v) is 2.23. The van der Waals surface area contributed by atoms with E-state index in [1.807, 2.05) is 0 Å². The first-order chi connectivity index (χ1) is 5.34.